The molecule has 23 heavy (non-hydrogen) atoms. The van der Waals surface area contributed by atoms with Gasteiger partial charge >= 0.3 is 5.20 Å². The van der Waals surface area contributed by atoms with Crippen molar-refractivity contribution in [3.05, 3.63) is 64.6 Å². The van der Waals surface area contributed by atoms with E-state index in [1.165, 1.54) is 5.56 Å². The summed E-state index contributed by atoms with van der Waals surface area (Å²) in [5.74, 6) is 0. The lowest BCUT2D eigenvalue weighted by Gasteiger charge is -2.03. The Morgan fingerprint density at radius 1 is 1.09 bits per heavy atom. The van der Waals surface area contributed by atoms with Crippen LogP contribution >= 0.6 is 38.9 Å². The molecule has 120 valence electrons. The van der Waals surface area contributed by atoms with E-state index in [1.54, 1.807) is 18.3 Å². The molecule has 0 atom stereocenters. The minimum atomic E-state index is -3.22. The first kappa shape index (κ1) is 18.0. The molecule has 0 unspecified atom stereocenters. The lowest BCUT2D eigenvalue weighted by molar-refractivity contribution is 0.600. The summed E-state index contributed by atoms with van der Waals surface area (Å²) in [7, 11) is 0. The van der Waals surface area contributed by atoms with Crippen LogP contribution in [-0.2, 0) is 4.57 Å². The van der Waals surface area contributed by atoms with Crippen LogP contribution in [0.2, 0.25) is 0 Å². The van der Waals surface area contributed by atoms with Crippen molar-refractivity contribution in [2.75, 3.05) is 0 Å². The number of nitrogens with zero attached hydrogens (tertiary/aromatic N) is 1. The quantitative estimate of drug-likeness (QED) is 0.542. The largest absolute Gasteiger partial charge is 0.339 e. The molecule has 2 heterocycles. The molecule has 0 amide bonds. The smallest absolute Gasteiger partial charge is 0.321 e. The minimum absolute atomic E-state index is 0.101. The van der Waals surface area contributed by atoms with Gasteiger partial charge in [0, 0.05) is 6.20 Å². The minimum Gasteiger partial charge on any atom is -0.321 e. The first-order valence-corrected chi connectivity index (χ1v) is 10.9. The van der Waals surface area contributed by atoms with Crippen LogP contribution in [0.15, 0.2) is 53.5 Å². The third-order valence-electron chi connectivity index (χ3n) is 2.97. The van der Waals surface area contributed by atoms with E-state index >= 15 is 0 Å². The summed E-state index contributed by atoms with van der Waals surface area (Å²) < 4.78 is 9.51. The van der Waals surface area contributed by atoms with Crippen LogP contribution in [0, 0.1) is 6.92 Å². The molecule has 3 rings (SSSR count). The second-order valence-electron chi connectivity index (χ2n) is 4.71. The number of hydrogen-bond acceptors (Lipinski definition) is 3. The first-order chi connectivity index (χ1) is 10.7. The lowest BCUT2D eigenvalue weighted by atomic mass is 10.1. The van der Waals surface area contributed by atoms with Crippen LogP contribution in [0.5, 0.6) is 0 Å². The van der Waals surface area contributed by atoms with Crippen molar-refractivity contribution in [2.24, 2.45) is 0 Å². The van der Waals surface area contributed by atoms with Crippen molar-refractivity contribution in [1.29, 1.82) is 0 Å². The number of H-pyrrole nitrogens is 1. The number of pyridine rings is 2. The van der Waals surface area contributed by atoms with Crippen molar-refractivity contribution >= 4 is 49.8 Å². The molecule has 0 radical (unpaired) electrons. The molecule has 0 aliphatic heterocycles. The molecular weight excluding hydrogens is 378 g/mol. The van der Waals surface area contributed by atoms with Crippen LogP contribution in [0.3, 0.4) is 0 Å². The van der Waals surface area contributed by atoms with E-state index in [0.717, 1.165) is 16.8 Å². The molecule has 2 aromatic heterocycles. The van der Waals surface area contributed by atoms with Crippen molar-refractivity contribution in [3.63, 3.8) is 0 Å². The molecule has 0 fully saturated rings. The van der Waals surface area contributed by atoms with Gasteiger partial charge < -0.3 is 4.98 Å². The van der Waals surface area contributed by atoms with E-state index in [2.05, 4.69) is 43.7 Å². The SMILES string of the molecule is Cc1ccc(-c2cc3ncccc3c(=O)[nH]2)cc1.O=P(Cl)(Cl)Cl. The Balaban J connectivity index is 0.000000338. The van der Waals surface area contributed by atoms with Crippen LogP contribution in [0.4, 0.5) is 0 Å². The molecule has 8 heteroatoms. The first-order valence-electron chi connectivity index (χ1n) is 6.48. The van der Waals surface area contributed by atoms with Gasteiger partial charge in [0.25, 0.3) is 5.56 Å². The highest BCUT2D eigenvalue weighted by Crippen LogP contribution is 2.61. The summed E-state index contributed by atoms with van der Waals surface area (Å²) in [6.45, 7) is 2.04. The molecule has 0 saturated heterocycles. The molecule has 4 nitrogen and oxygen atoms in total. The van der Waals surface area contributed by atoms with E-state index in [-0.39, 0.29) is 5.56 Å². The van der Waals surface area contributed by atoms with Crippen LogP contribution in [0.25, 0.3) is 22.2 Å². The van der Waals surface area contributed by atoms with Crippen molar-refractivity contribution < 1.29 is 4.57 Å². The second-order valence-corrected chi connectivity index (χ2v) is 11.4. The summed E-state index contributed by atoms with van der Waals surface area (Å²) in [4.78, 5) is 19.1. The number of halogens is 3. The van der Waals surface area contributed by atoms with E-state index in [1.807, 2.05) is 37.3 Å². The Morgan fingerprint density at radius 2 is 1.70 bits per heavy atom. The molecule has 0 aliphatic rings. The van der Waals surface area contributed by atoms with Gasteiger partial charge in [-0.05, 0) is 64.4 Å². The Hall–Kier alpha value is -1.32. The number of nitrogens with one attached hydrogen (secondary N) is 1. The number of aryl methyl sites for hydroxylation is 1. The molecule has 0 saturated carbocycles. The highest BCUT2D eigenvalue weighted by Gasteiger charge is 2.04. The number of hydrogen-bond donors (Lipinski definition) is 1. The Bertz CT molecular complexity index is 912. The van der Waals surface area contributed by atoms with E-state index in [9.17, 15) is 9.36 Å². The van der Waals surface area contributed by atoms with Gasteiger partial charge in [0.05, 0.1) is 16.6 Å². The van der Waals surface area contributed by atoms with Crippen LogP contribution in [0.1, 0.15) is 5.56 Å². The number of aromatic amines is 1. The maximum atomic E-state index is 11.9. The Morgan fingerprint density at radius 3 is 2.30 bits per heavy atom. The average molecular weight is 390 g/mol. The molecule has 1 N–H and O–H groups in total. The van der Waals surface area contributed by atoms with Gasteiger partial charge in [0.15, 0.2) is 0 Å². The maximum absolute atomic E-state index is 11.9. The highest BCUT2D eigenvalue weighted by atomic mass is 36.0. The van der Waals surface area contributed by atoms with E-state index < -0.39 is 5.20 Å². The van der Waals surface area contributed by atoms with Crippen molar-refractivity contribution in [1.82, 2.24) is 9.97 Å². The summed E-state index contributed by atoms with van der Waals surface area (Å²) in [5, 5.41) is -2.60. The van der Waals surface area contributed by atoms with Gasteiger partial charge in [0.1, 0.15) is 0 Å². The summed E-state index contributed by atoms with van der Waals surface area (Å²) in [6.07, 6.45) is 1.70. The summed E-state index contributed by atoms with van der Waals surface area (Å²) in [6, 6.07) is 13.5. The molecule has 0 aliphatic carbocycles. The highest BCUT2D eigenvalue weighted by molar-refractivity contribution is 8.24. The summed E-state index contributed by atoms with van der Waals surface area (Å²) in [5.41, 5.74) is 3.60. The normalized spacial score (nSPS) is 11.0. The van der Waals surface area contributed by atoms with E-state index in [0.29, 0.717) is 5.39 Å². The fourth-order valence-electron chi connectivity index (χ4n) is 1.98. The monoisotopic (exact) mass is 388 g/mol. The molecule has 3 aromatic rings. The van der Waals surface area contributed by atoms with Gasteiger partial charge in [-0.1, -0.05) is 29.8 Å². The van der Waals surface area contributed by atoms with Crippen LogP contribution < -0.4 is 5.56 Å². The molecule has 0 spiro atoms. The van der Waals surface area contributed by atoms with E-state index in [4.69, 9.17) is 0 Å². The number of rotatable bonds is 1. The summed E-state index contributed by atoms with van der Waals surface area (Å²) >= 11 is 13.8. The third-order valence-corrected chi connectivity index (χ3v) is 2.97. The zero-order chi connectivity index (χ0) is 17.0. The number of fused-ring (bicyclic) bond motifs is 1. The number of aromatic nitrogens is 2. The standard InChI is InChI=1S/C15H12N2O.Cl3OP/c1-10-4-6-11(7-5-10)13-9-14-12(15(18)17-13)3-2-8-16-14;1-5(2,3)4/h2-9H,1H3,(H,17,18);. The Kier molecular flexibility index (Phi) is 5.88. The third kappa shape index (κ3) is 5.67. The molecule has 0 bridgehead atoms. The zero-order valence-corrected chi connectivity index (χ0v) is 15.1. The predicted molar refractivity (Wildman–Crippen MR) is 97.7 cm³/mol. The van der Waals surface area contributed by atoms with Gasteiger partial charge in [-0.15, -0.1) is 0 Å². The fraction of sp³-hybridized carbons (Fsp3) is 0.0667. The van der Waals surface area contributed by atoms with Crippen LogP contribution in [-0.4, -0.2) is 9.97 Å². The molecular formula is C15H12Cl3N2O2P. The number of benzene rings is 1. The van der Waals surface area contributed by atoms with Crippen molar-refractivity contribution in [2.45, 2.75) is 6.92 Å². The zero-order valence-electron chi connectivity index (χ0n) is 12.0. The van der Waals surface area contributed by atoms with Crippen molar-refractivity contribution in [3.8, 4) is 11.3 Å². The lowest BCUT2D eigenvalue weighted by Crippen LogP contribution is -2.07. The predicted octanol–water partition coefficient (Wildman–Crippen LogP) is 5.71. The van der Waals surface area contributed by atoms with Gasteiger partial charge in [-0.25, -0.2) is 0 Å². The average Bonchev–Trinajstić information content (AvgIpc) is 2.46. The second kappa shape index (κ2) is 7.50. The van der Waals surface area contributed by atoms with Gasteiger partial charge in [-0.3, -0.25) is 14.3 Å². The van der Waals surface area contributed by atoms with Gasteiger partial charge in [-0.2, -0.15) is 0 Å². The van der Waals surface area contributed by atoms with Gasteiger partial charge in [0.2, 0.25) is 0 Å². The maximum Gasteiger partial charge on any atom is 0.339 e. The molecule has 1 aromatic carbocycles. The Labute approximate surface area is 147 Å². The fourth-order valence-corrected chi connectivity index (χ4v) is 1.98. The topological polar surface area (TPSA) is 62.8 Å².